The minimum atomic E-state index is 0.299. The summed E-state index contributed by atoms with van der Waals surface area (Å²) in [5.74, 6) is 1.49. The number of hydrogen-bond donors (Lipinski definition) is 0. The number of rotatable bonds is 2. The topological polar surface area (TPSA) is 33.2 Å². The lowest BCUT2D eigenvalue weighted by molar-refractivity contribution is 0.112. The van der Waals surface area contributed by atoms with E-state index in [0.29, 0.717) is 16.9 Å². The molecule has 0 aliphatic carbocycles. The van der Waals surface area contributed by atoms with Crippen LogP contribution in [0.4, 0.5) is 5.82 Å². The van der Waals surface area contributed by atoms with E-state index in [1.165, 1.54) is 0 Å². The zero-order valence-corrected chi connectivity index (χ0v) is 13.0. The van der Waals surface area contributed by atoms with Gasteiger partial charge in [-0.25, -0.2) is 4.98 Å². The molecule has 2 aromatic rings. The van der Waals surface area contributed by atoms with E-state index in [1.807, 2.05) is 30.3 Å². The van der Waals surface area contributed by atoms with E-state index in [0.717, 1.165) is 42.5 Å². The van der Waals surface area contributed by atoms with E-state index in [-0.39, 0.29) is 0 Å². The number of hydrogen-bond acceptors (Lipinski definition) is 3. The Kier molecular flexibility index (Phi) is 3.44. The van der Waals surface area contributed by atoms with Crippen LogP contribution >= 0.6 is 0 Å². The van der Waals surface area contributed by atoms with Crippen molar-refractivity contribution in [2.45, 2.75) is 27.2 Å². The lowest BCUT2D eigenvalue weighted by Crippen LogP contribution is -2.27. The first kappa shape index (κ1) is 14.1. The summed E-state index contributed by atoms with van der Waals surface area (Å²) < 4.78 is 0. The molecule has 1 fully saturated rings. The second-order valence-electron chi connectivity index (χ2n) is 7.01. The Balaban J connectivity index is 1.98. The number of nitrogens with zero attached hydrogens (tertiary/aromatic N) is 2. The number of carbonyl (C=O) groups excluding carboxylic acids is 1. The molecule has 1 unspecified atom stereocenters. The van der Waals surface area contributed by atoms with Crippen molar-refractivity contribution in [2.75, 3.05) is 18.0 Å². The van der Waals surface area contributed by atoms with Gasteiger partial charge in [0.2, 0.25) is 0 Å². The molecule has 1 aromatic carbocycles. The van der Waals surface area contributed by atoms with E-state index in [1.54, 1.807) is 0 Å². The number of carbonyl (C=O) groups is 1. The van der Waals surface area contributed by atoms with Gasteiger partial charge in [-0.1, -0.05) is 39.0 Å². The fourth-order valence-electron chi connectivity index (χ4n) is 3.12. The zero-order valence-electron chi connectivity index (χ0n) is 13.0. The normalized spacial score (nSPS) is 19.2. The number of fused-ring (bicyclic) bond motifs is 1. The SMILES string of the molecule is CC(C)(C)C1CCN(c2nc3ccccc3cc2C=O)C1. The van der Waals surface area contributed by atoms with Crippen molar-refractivity contribution >= 4 is 23.0 Å². The summed E-state index contributed by atoms with van der Waals surface area (Å²) in [5.41, 5.74) is 1.95. The third-order valence-electron chi connectivity index (χ3n) is 4.57. The maximum Gasteiger partial charge on any atom is 0.153 e. The van der Waals surface area contributed by atoms with Crippen LogP contribution in [-0.4, -0.2) is 24.4 Å². The maximum atomic E-state index is 11.4. The molecule has 21 heavy (non-hydrogen) atoms. The fourth-order valence-corrected chi connectivity index (χ4v) is 3.12. The third-order valence-corrected chi connectivity index (χ3v) is 4.57. The molecule has 3 rings (SSSR count). The molecule has 0 spiro atoms. The predicted molar refractivity (Wildman–Crippen MR) is 86.9 cm³/mol. The minimum Gasteiger partial charge on any atom is -0.356 e. The number of para-hydroxylation sites is 1. The summed E-state index contributed by atoms with van der Waals surface area (Å²) >= 11 is 0. The van der Waals surface area contributed by atoms with E-state index in [2.05, 4.69) is 25.7 Å². The van der Waals surface area contributed by atoms with Gasteiger partial charge in [0.15, 0.2) is 6.29 Å². The van der Waals surface area contributed by atoms with Crippen LogP contribution in [0.3, 0.4) is 0 Å². The highest BCUT2D eigenvalue weighted by Gasteiger charge is 2.33. The fraction of sp³-hybridized carbons (Fsp3) is 0.444. The Labute approximate surface area is 126 Å². The van der Waals surface area contributed by atoms with Crippen LogP contribution in [0.1, 0.15) is 37.6 Å². The lowest BCUT2D eigenvalue weighted by Gasteiger charge is -2.27. The molecule has 110 valence electrons. The highest BCUT2D eigenvalue weighted by molar-refractivity contribution is 5.91. The van der Waals surface area contributed by atoms with Gasteiger partial charge in [-0.2, -0.15) is 0 Å². The average molecular weight is 282 g/mol. The number of anilines is 1. The van der Waals surface area contributed by atoms with Crippen molar-refractivity contribution in [1.82, 2.24) is 4.98 Å². The van der Waals surface area contributed by atoms with Gasteiger partial charge in [0, 0.05) is 18.5 Å². The summed E-state index contributed by atoms with van der Waals surface area (Å²) in [5, 5.41) is 1.02. The maximum absolute atomic E-state index is 11.4. The standard InChI is InChI=1S/C18H22N2O/c1-18(2,3)15-8-9-20(11-15)17-14(12-21)10-13-6-4-5-7-16(13)19-17/h4-7,10,12,15H,8-9,11H2,1-3H3. The minimum absolute atomic E-state index is 0.299. The van der Waals surface area contributed by atoms with Crippen LogP contribution in [-0.2, 0) is 0 Å². The quantitative estimate of drug-likeness (QED) is 0.783. The van der Waals surface area contributed by atoms with Gasteiger partial charge in [-0.3, -0.25) is 4.79 Å². The predicted octanol–water partition coefficient (Wildman–Crippen LogP) is 3.92. The summed E-state index contributed by atoms with van der Waals surface area (Å²) in [7, 11) is 0. The first-order valence-electron chi connectivity index (χ1n) is 7.59. The van der Waals surface area contributed by atoms with Crippen LogP contribution < -0.4 is 4.90 Å². The van der Waals surface area contributed by atoms with Gasteiger partial charge < -0.3 is 4.90 Å². The van der Waals surface area contributed by atoms with Gasteiger partial charge in [-0.15, -0.1) is 0 Å². The monoisotopic (exact) mass is 282 g/mol. The highest BCUT2D eigenvalue weighted by atomic mass is 16.1. The zero-order chi connectivity index (χ0) is 15.0. The Morgan fingerprint density at radius 2 is 2.05 bits per heavy atom. The Morgan fingerprint density at radius 1 is 1.29 bits per heavy atom. The lowest BCUT2D eigenvalue weighted by atomic mass is 9.80. The summed E-state index contributed by atoms with van der Waals surface area (Å²) in [6, 6.07) is 9.92. The first-order valence-corrected chi connectivity index (χ1v) is 7.59. The van der Waals surface area contributed by atoms with Crippen LogP contribution in [0.15, 0.2) is 30.3 Å². The Bertz CT molecular complexity index is 672. The van der Waals surface area contributed by atoms with Crippen molar-refractivity contribution in [3.05, 3.63) is 35.9 Å². The second-order valence-corrected chi connectivity index (χ2v) is 7.01. The van der Waals surface area contributed by atoms with Gasteiger partial charge in [0.05, 0.1) is 11.1 Å². The molecule has 0 bridgehead atoms. The highest BCUT2D eigenvalue weighted by Crippen LogP contribution is 2.36. The number of benzene rings is 1. The molecule has 0 N–H and O–H groups in total. The number of aldehydes is 1. The van der Waals surface area contributed by atoms with Crippen LogP contribution in [0.25, 0.3) is 10.9 Å². The first-order chi connectivity index (χ1) is 9.99. The van der Waals surface area contributed by atoms with E-state index in [9.17, 15) is 4.79 Å². The number of pyridine rings is 1. The average Bonchev–Trinajstić information content (AvgIpc) is 2.95. The van der Waals surface area contributed by atoms with E-state index >= 15 is 0 Å². The Hall–Kier alpha value is -1.90. The summed E-state index contributed by atoms with van der Waals surface area (Å²) in [6.45, 7) is 8.82. The third kappa shape index (κ3) is 2.65. The van der Waals surface area contributed by atoms with Gasteiger partial charge in [0.1, 0.15) is 5.82 Å². The van der Waals surface area contributed by atoms with E-state index in [4.69, 9.17) is 4.98 Å². The van der Waals surface area contributed by atoms with Crippen molar-refractivity contribution in [1.29, 1.82) is 0 Å². The largest absolute Gasteiger partial charge is 0.356 e. The summed E-state index contributed by atoms with van der Waals surface area (Å²) in [4.78, 5) is 18.4. The molecule has 1 aromatic heterocycles. The molecule has 2 heterocycles. The van der Waals surface area contributed by atoms with Crippen molar-refractivity contribution in [2.24, 2.45) is 11.3 Å². The van der Waals surface area contributed by atoms with Crippen molar-refractivity contribution in [3.8, 4) is 0 Å². The molecule has 0 saturated carbocycles. The molecule has 1 aliphatic heterocycles. The molecule has 0 amide bonds. The van der Waals surface area contributed by atoms with Crippen LogP contribution in [0.2, 0.25) is 0 Å². The van der Waals surface area contributed by atoms with E-state index < -0.39 is 0 Å². The molecule has 0 radical (unpaired) electrons. The van der Waals surface area contributed by atoms with Crippen molar-refractivity contribution in [3.63, 3.8) is 0 Å². The smallest absolute Gasteiger partial charge is 0.153 e. The van der Waals surface area contributed by atoms with Gasteiger partial charge in [-0.05, 0) is 29.9 Å². The molecule has 1 saturated heterocycles. The van der Waals surface area contributed by atoms with Gasteiger partial charge >= 0.3 is 0 Å². The summed E-state index contributed by atoms with van der Waals surface area (Å²) in [6.07, 6.45) is 2.09. The second kappa shape index (κ2) is 5.14. The van der Waals surface area contributed by atoms with Crippen molar-refractivity contribution < 1.29 is 4.79 Å². The molecule has 3 nitrogen and oxygen atoms in total. The molecule has 1 aliphatic rings. The van der Waals surface area contributed by atoms with Gasteiger partial charge in [0.25, 0.3) is 0 Å². The molecule has 1 atom stereocenters. The molecular weight excluding hydrogens is 260 g/mol. The molecule has 3 heteroatoms. The number of aromatic nitrogens is 1. The van der Waals surface area contributed by atoms with Crippen LogP contribution in [0, 0.1) is 11.3 Å². The molecular formula is C18H22N2O. The Morgan fingerprint density at radius 3 is 2.71 bits per heavy atom. The van der Waals surface area contributed by atoms with Crippen LogP contribution in [0.5, 0.6) is 0 Å².